The van der Waals surface area contributed by atoms with E-state index < -0.39 is 0 Å². The molecule has 2 N–H and O–H groups in total. The van der Waals surface area contributed by atoms with Gasteiger partial charge in [0.05, 0.1) is 5.92 Å². The Morgan fingerprint density at radius 1 is 1.43 bits per heavy atom. The minimum Gasteiger partial charge on any atom is -0.508 e. The Morgan fingerprint density at radius 3 is 2.79 bits per heavy atom. The van der Waals surface area contributed by atoms with Gasteiger partial charge in [0, 0.05) is 11.3 Å². The smallest absolute Gasteiger partial charge is 0.232 e. The van der Waals surface area contributed by atoms with Crippen LogP contribution in [0.5, 0.6) is 5.75 Å². The lowest BCUT2D eigenvalue weighted by Gasteiger charge is -2.13. The van der Waals surface area contributed by atoms with Crippen LogP contribution in [-0.2, 0) is 4.79 Å². The number of hydrogen-bond acceptors (Lipinski definition) is 2. The summed E-state index contributed by atoms with van der Waals surface area (Å²) in [6.45, 7) is 3.96. The van der Waals surface area contributed by atoms with E-state index in [4.69, 9.17) is 0 Å². The summed E-state index contributed by atoms with van der Waals surface area (Å²) in [5.41, 5.74) is 1.49. The molecule has 74 valence electrons. The molecule has 2 rings (SSSR count). The summed E-state index contributed by atoms with van der Waals surface area (Å²) >= 11 is 0. The number of carbonyl (C=O) groups excluding carboxylic acids is 1. The van der Waals surface area contributed by atoms with Crippen molar-refractivity contribution in [1.82, 2.24) is 0 Å². The van der Waals surface area contributed by atoms with Crippen molar-refractivity contribution >= 4 is 11.6 Å². The van der Waals surface area contributed by atoms with E-state index in [-0.39, 0.29) is 23.5 Å². The fraction of sp³-hybridized carbons (Fsp3) is 0.364. The highest BCUT2D eigenvalue weighted by Crippen LogP contribution is 2.42. The first kappa shape index (κ1) is 9.06. The first-order valence-electron chi connectivity index (χ1n) is 4.74. The van der Waals surface area contributed by atoms with E-state index >= 15 is 0 Å². The van der Waals surface area contributed by atoms with Crippen LogP contribution in [0.15, 0.2) is 18.2 Å². The topological polar surface area (TPSA) is 49.3 Å². The molecule has 0 bridgehead atoms. The molecule has 3 nitrogen and oxygen atoms in total. The monoisotopic (exact) mass is 191 g/mol. The summed E-state index contributed by atoms with van der Waals surface area (Å²) in [7, 11) is 0. The van der Waals surface area contributed by atoms with Gasteiger partial charge in [-0.1, -0.05) is 19.9 Å². The van der Waals surface area contributed by atoms with Crippen molar-refractivity contribution in [2.24, 2.45) is 5.92 Å². The number of rotatable bonds is 1. The molecule has 0 saturated carbocycles. The number of phenols is 1. The molecule has 3 heteroatoms. The molecule has 14 heavy (non-hydrogen) atoms. The number of carbonyl (C=O) groups is 1. The first-order chi connectivity index (χ1) is 6.61. The second-order valence-corrected chi connectivity index (χ2v) is 3.95. The highest BCUT2D eigenvalue weighted by Gasteiger charge is 2.34. The Bertz CT molecular complexity index is 385. The number of aromatic hydroxyl groups is 1. The van der Waals surface area contributed by atoms with Crippen LogP contribution in [0.2, 0.25) is 0 Å². The summed E-state index contributed by atoms with van der Waals surface area (Å²) in [4.78, 5) is 11.6. The summed E-state index contributed by atoms with van der Waals surface area (Å²) in [5.74, 6) is 0.173. The Balaban J connectivity index is 2.55. The molecule has 1 amide bonds. The molecule has 1 aromatic rings. The van der Waals surface area contributed by atoms with Gasteiger partial charge in [0.15, 0.2) is 0 Å². The molecule has 1 aliphatic rings. The number of anilines is 1. The predicted octanol–water partition coefficient (Wildman–Crippen LogP) is 2.08. The third kappa shape index (κ3) is 1.16. The van der Waals surface area contributed by atoms with Gasteiger partial charge in [0.2, 0.25) is 5.91 Å². The summed E-state index contributed by atoms with van der Waals surface area (Å²) in [6.07, 6.45) is 0. The van der Waals surface area contributed by atoms with Crippen molar-refractivity contribution in [3.05, 3.63) is 23.8 Å². The number of benzene rings is 1. The van der Waals surface area contributed by atoms with Crippen molar-refractivity contribution in [3.8, 4) is 5.75 Å². The Hall–Kier alpha value is -1.51. The molecule has 1 atom stereocenters. The molecule has 1 aromatic carbocycles. The Morgan fingerprint density at radius 2 is 2.14 bits per heavy atom. The van der Waals surface area contributed by atoms with E-state index in [0.29, 0.717) is 0 Å². The van der Waals surface area contributed by atoms with Crippen molar-refractivity contribution in [3.63, 3.8) is 0 Å². The number of nitrogens with one attached hydrogen (secondary N) is 1. The van der Waals surface area contributed by atoms with E-state index in [1.165, 1.54) is 0 Å². The molecule has 1 heterocycles. The molecular weight excluding hydrogens is 178 g/mol. The van der Waals surface area contributed by atoms with Crippen molar-refractivity contribution < 1.29 is 9.90 Å². The molecule has 0 aliphatic carbocycles. The van der Waals surface area contributed by atoms with Gasteiger partial charge in [-0.25, -0.2) is 0 Å². The Kier molecular flexibility index (Phi) is 1.95. The second-order valence-electron chi connectivity index (χ2n) is 3.95. The molecule has 0 radical (unpaired) electrons. The summed E-state index contributed by atoms with van der Waals surface area (Å²) < 4.78 is 0. The van der Waals surface area contributed by atoms with Gasteiger partial charge in [0.25, 0.3) is 0 Å². The van der Waals surface area contributed by atoms with Crippen LogP contribution in [0.4, 0.5) is 5.69 Å². The highest BCUT2D eigenvalue weighted by atomic mass is 16.3. The Labute approximate surface area is 82.8 Å². The van der Waals surface area contributed by atoms with Gasteiger partial charge < -0.3 is 10.4 Å². The van der Waals surface area contributed by atoms with Crippen LogP contribution in [0, 0.1) is 5.92 Å². The number of hydrogen-bond donors (Lipinski definition) is 2. The third-order valence-corrected chi connectivity index (χ3v) is 2.60. The van der Waals surface area contributed by atoms with Gasteiger partial charge in [-0.15, -0.1) is 0 Å². The fourth-order valence-corrected chi connectivity index (χ4v) is 1.97. The van der Waals surface area contributed by atoms with Gasteiger partial charge in [-0.3, -0.25) is 4.79 Å². The predicted molar refractivity (Wildman–Crippen MR) is 54.3 cm³/mol. The maximum Gasteiger partial charge on any atom is 0.232 e. The number of fused-ring (bicyclic) bond motifs is 1. The highest BCUT2D eigenvalue weighted by molar-refractivity contribution is 6.03. The zero-order valence-corrected chi connectivity index (χ0v) is 8.24. The van der Waals surface area contributed by atoms with Gasteiger partial charge >= 0.3 is 0 Å². The molecule has 1 aliphatic heterocycles. The lowest BCUT2D eigenvalue weighted by Crippen LogP contribution is -2.16. The first-order valence-corrected chi connectivity index (χ1v) is 4.74. The molecule has 0 saturated heterocycles. The average molecular weight is 191 g/mol. The number of phenolic OH excluding ortho intramolecular Hbond substituents is 1. The molecular formula is C11H13NO2. The largest absolute Gasteiger partial charge is 0.508 e. The maximum absolute atomic E-state index is 11.6. The third-order valence-electron chi connectivity index (χ3n) is 2.60. The average Bonchev–Trinajstić information content (AvgIpc) is 2.42. The van der Waals surface area contributed by atoms with E-state index in [9.17, 15) is 9.90 Å². The molecule has 1 unspecified atom stereocenters. The quantitative estimate of drug-likeness (QED) is 0.714. The van der Waals surface area contributed by atoms with Crippen LogP contribution in [0.1, 0.15) is 25.3 Å². The van der Waals surface area contributed by atoms with Crippen LogP contribution < -0.4 is 5.32 Å². The van der Waals surface area contributed by atoms with Gasteiger partial charge in [0.1, 0.15) is 5.75 Å². The number of amides is 1. The molecule has 0 spiro atoms. The summed E-state index contributed by atoms with van der Waals surface area (Å²) in [6, 6.07) is 5.17. The van der Waals surface area contributed by atoms with E-state index in [1.807, 2.05) is 19.9 Å². The lowest BCUT2D eigenvalue weighted by molar-refractivity contribution is -0.117. The minimum absolute atomic E-state index is 0.0171. The zero-order valence-electron chi connectivity index (χ0n) is 8.24. The SMILES string of the molecule is CC(C)C1C(=O)Nc2cccc(O)c21. The fourth-order valence-electron chi connectivity index (χ4n) is 1.97. The van der Waals surface area contributed by atoms with Gasteiger partial charge in [-0.05, 0) is 18.1 Å². The van der Waals surface area contributed by atoms with Crippen LogP contribution in [0.25, 0.3) is 0 Å². The van der Waals surface area contributed by atoms with Crippen molar-refractivity contribution in [2.45, 2.75) is 19.8 Å². The second kappa shape index (κ2) is 3.01. The maximum atomic E-state index is 11.6. The van der Waals surface area contributed by atoms with E-state index in [2.05, 4.69) is 5.32 Å². The normalized spacial score (nSPS) is 19.6. The van der Waals surface area contributed by atoms with Crippen molar-refractivity contribution in [2.75, 3.05) is 5.32 Å². The standard InChI is InChI=1S/C11H13NO2/c1-6(2)9-10-7(12-11(9)14)4-3-5-8(10)13/h3-6,9,13H,1-2H3,(H,12,14). The van der Waals surface area contributed by atoms with Crippen LogP contribution >= 0.6 is 0 Å². The molecule has 0 fully saturated rings. The van der Waals surface area contributed by atoms with Crippen LogP contribution in [-0.4, -0.2) is 11.0 Å². The van der Waals surface area contributed by atoms with Crippen molar-refractivity contribution in [1.29, 1.82) is 0 Å². The van der Waals surface area contributed by atoms with E-state index in [1.54, 1.807) is 12.1 Å². The minimum atomic E-state index is -0.216. The summed E-state index contributed by atoms with van der Waals surface area (Å²) in [5, 5.41) is 12.4. The zero-order chi connectivity index (χ0) is 10.3. The van der Waals surface area contributed by atoms with E-state index in [0.717, 1.165) is 11.3 Å². The van der Waals surface area contributed by atoms with Crippen LogP contribution in [0.3, 0.4) is 0 Å². The molecule has 0 aromatic heterocycles. The lowest BCUT2D eigenvalue weighted by atomic mass is 9.89. The van der Waals surface area contributed by atoms with Gasteiger partial charge in [-0.2, -0.15) is 0 Å².